The molecule has 26 heavy (non-hydrogen) atoms. The molecule has 0 spiro atoms. The number of benzene rings is 2. The van der Waals surface area contributed by atoms with Gasteiger partial charge in [0.05, 0.1) is 5.56 Å². The van der Waals surface area contributed by atoms with Crippen molar-refractivity contribution in [3.05, 3.63) is 65.2 Å². The molecule has 3 rings (SSSR count). The minimum absolute atomic E-state index is 0.0574. The predicted octanol–water partition coefficient (Wildman–Crippen LogP) is 4.19. The molecular formula is C19H17F3N2O2. The molecule has 0 aliphatic carbocycles. The van der Waals surface area contributed by atoms with Crippen LogP contribution in [0.1, 0.15) is 39.1 Å². The Labute approximate surface area is 148 Å². The van der Waals surface area contributed by atoms with Crippen LogP contribution >= 0.6 is 0 Å². The fourth-order valence-electron chi connectivity index (χ4n) is 2.84. The van der Waals surface area contributed by atoms with E-state index in [1.165, 1.54) is 24.3 Å². The van der Waals surface area contributed by atoms with Gasteiger partial charge in [0.25, 0.3) is 11.8 Å². The smallest absolute Gasteiger partial charge is 0.339 e. The van der Waals surface area contributed by atoms with Gasteiger partial charge >= 0.3 is 6.18 Å². The molecule has 0 bridgehead atoms. The summed E-state index contributed by atoms with van der Waals surface area (Å²) in [6, 6.07) is 10.5. The third-order valence-corrected chi connectivity index (χ3v) is 4.24. The molecule has 4 nitrogen and oxygen atoms in total. The molecule has 1 N–H and O–H groups in total. The number of amides is 2. The number of carbonyl (C=O) groups excluding carboxylic acids is 2. The summed E-state index contributed by atoms with van der Waals surface area (Å²) < 4.78 is 38.2. The molecule has 7 heteroatoms. The second-order valence-corrected chi connectivity index (χ2v) is 6.11. The van der Waals surface area contributed by atoms with Crippen LogP contribution in [0.4, 0.5) is 18.9 Å². The summed E-state index contributed by atoms with van der Waals surface area (Å²) in [6.45, 7) is 1.47. The van der Waals surface area contributed by atoms with Crippen LogP contribution in [0.25, 0.3) is 0 Å². The van der Waals surface area contributed by atoms with E-state index in [2.05, 4.69) is 5.32 Å². The summed E-state index contributed by atoms with van der Waals surface area (Å²) in [6.07, 6.45) is -2.50. The number of anilines is 1. The van der Waals surface area contributed by atoms with Crippen LogP contribution in [0.3, 0.4) is 0 Å². The molecule has 1 heterocycles. The number of likely N-dealkylation sites (tertiary alicyclic amines) is 1. The van der Waals surface area contributed by atoms with Gasteiger partial charge in [0.2, 0.25) is 0 Å². The van der Waals surface area contributed by atoms with E-state index in [0.717, 1.165) is 38.1 Å². The standard InChI is InChI=1S/C19H17F3N2O2/c20-19(21,22)15-4-3-5-16(12-15)23-17(25)13-6-8-14(9-7-13)18(26)24-10-1-2-11-24/h3-9,12H,1-2,10-11H2,(H,23,25). The van der Waals surface area contributed by atoms with Crippen LogP contribution in [0.5, 0.6) is 0 Å². The number of alkyl halides is 3. The van der Waals surface area contributed by atoms with Crippen molar-refractivity contribution in [2.24, 2.45) is 0 Å². The number of halogens is 3. The van der Waals surface area contributed by atoms with Gasteiger partial charge in [-0.3, -0.25) is 9.59 Å². The highest BCUT2D eigenvalue weighted by Gasteiger charge is 2.30. The summed E-state index contributed by atoms with van der Waals surface area (Å²) in [4.78, 5) is 26.3. The molecule has 1 fully saturated rings. The van der Waals surface area contributed by atoms with Crippen molar-refractivity contribution in [3.63, 3.8) is 0 Å². The van der Waals surface area contributed by atoms with Crippen molar-refractivity contribution in [2.75, 3.05) is 18.4 Å². The third kappa shape index (κ3) is 4.04. The molecular weight excluding hydrogens is 345 g/mol. The minimum Gasteiger partial charge on any atom is -0.339 e. The Balaban J connectivity index is 1.69. The zero-order valence-corrected chi connectivity index (χ0v) is 13.8. The molecule has 0 radical (unpaired) electrons. The SMILES string of the molecule is O=C(Nc1cccc(C(F)(F)F)c1)c1ccc(C(=O)N2CCCC2)cc1. The molecule has 0 aromatic heterocycles. The molecule has 1 saturated heterocycles. The van der Waals surface area contributed by atoms with E-state index in [4.69, 9.17) is 0 Å². The zero-order valence-electron chi connectivity index (χ0n) is 13.8. The van der Waals surface area contributed by atoms with Crippen molar-refractivity contribution in [3.8, 4) is 0 Å². The molecule has 0 saturated carbocycles. The van der Waals surface area contributed by atoms with Gasteiger partial charge in [-0.05, 0) is 55.3 Å². The first-order chi connectivity index (χ1) is 12.3. The van der Waals surface area contributed by atoms with Crippen LogP contribution in [0, 0.1) is 0 Å². The Kier molecular flexibility index (Phi) is 4.97. The summed E-state index contributed by atoms with van der Waals surface area (Å²) in [5.41, 5.74) is -0.0215. The van der Waals surface area contributed by atoms with E-state index in [0.29, 0.717) is 5.56 Å². The second-order valence-electron chi connectivity index (χ2n) is 6.11. The molecule has 2 aromatic rings. The Morgan fingerprint density at radius 2 is 1.54 bits per heavy atom. The van der Waals surface area contributed by atoms with Crippen LogP contribution in [-0.2, 0) is 6.18 Å². The minimum atomic E-state index is -4.47. The Hall–Kier alpha value is -2.83. The van der Waals surface area contributed by atoms with Crippen molar-refractivity contribution in [2.45, 2.75) is 19.0 Å². The fraction of sp³-hybridized carbons (Fsp3) is 0.263. The third-order valence-electron chi connectivity index (χ3n) is 4.24. The lowest BCUT2D eigenvalue weighted by atomic mass is 10.1. The molecule has 2 aromatic carbocycles. The number of rotatable bonds is 3. The normalized spacial score (nSPS) is 14.3. The summed E-state index contributed by atoms with van der Waals surface area (Å²) in [7, 11) is 0. The first kappa shape index (κ1) is 18.0. The molecule has 1 aliphatic rings. The quantitative estimate of drug-likeness (QED) is 0.890. The van der Waals surface area contributed by atoms with Crippen LogP contribution < -0.4 is 5.32 Å². The Bertz CT molecular complexity index is 810. The highest BCUT2D eigenvalue weighted by atomic mass is 19.4. The topological polar surface area (TPSA) is 49.4 Å². The van der Waals surface area contributed by atoms with E-state index in [-0.39, 0.29) is 17.2 Å². The molecule has 1 aliphatic heterocycles. The number of hydrogen-bond donors (Lipinski definition) is 1. The van der Waals surface area contributed by atoms with Crippen molar-refractivity contribution in [1.82, 2.24) is 4.90 Å². The summed E-state index contributed by atoms with van der Waals surface area (Å²) >= 11 is 0. The van der Waals surface area contributed by atoms with E-state index in [9.17, 15) is 22.8 Å². The maximum atomic E-state index is 12.7. The Morgan fingerprint density at radius 1 is 0.923 bits per heavy atom. The van der Waals surface area contributed by atoms with E-state index >= 15 is 0 Å². The van der Waals surface area contributed by atoms with Crippen LogP contribution in [0.2, 0.25) is 0 Å². The van der Waals surface area contributed by atoms with Gasteiger partial charge < -0.3 is 10.2 Å². The number of hydrogen-bond acceptors (Lipinski definition) is 2. The van der Waals surface area contributed by atoms with Crippen molar-refractivity contribution in [1.29, 1.82) is 0 Å². The molecule has 0 atom stereocenters. The first-order valence-corrected chi connectivity index (χ1v) is 8.22. The van der Waals surface area contributed by atoms with E-state index < -0.39 is 17.6 Å². The second kappa shape index (κ2) is 7.19. The van der Waals surface area contributed by atoms with Gasteiger partial charge in [0.15, 0.2) is 0 Å². The van der Waals surface area contributed by atoms with E-state index in [1.54, 1.807) is 17.0 Å². The van der Waals surface area contributed by atoms with Crippen LogP contribution in [0.15, 0.2) is 48.5 Å². The van der Waals surface area contributed by atoms with Gasteiger partial charge in [-0.25, -0.2) is 0 Å². The maximum Gasteiger partial charge on any atom is 0.416 e. The molecule has 2 amide bonds. The lowest BCUT2D eigenvalue weighted by Gasteiger charge is -2.15. The zero-order chi connectivity index (χ0) is 18.7. The van der Waals surface area contributed by atoms with Crippen molar-refractivity contribution >= 4 is 17.5 Å². The number of carbonyl (C=O) groups is 2. The van der Waals surface area contributed by atoms with Gasteiger partial charge in [-0.1, -0.05) is 6.07 Å². The van der Waals surface area contributed by atoms with Gasteiger partial charge in [0, 0.05) is 29.9 Å². The van der Waals surface area contributed by atoms with Gasteiger partial charge in [0.1, 0.15) is 0 Å². The highest BCUT2D eigenvalue weighted by molar-refractivity contribution is 6.05. The Morgan fingerprint density at radius 3 is 2.15 bits per heavy atom. The van der Waals surface area contributed by atoms with Crippen LogP contribution in [-0.4, -0.2) is 29.8 Å². The van der Waals surface area contributed by atoms with Gasteiger partial charge in [-0.2, -0.15) is 13.2 Å². The number of nitrogens with zero attached hydrogens (tertiary/aromatic N) is 1. The van der Waals surface area contributed by atoms with E-state index in [1.807, 2.05) is 0 Å². The lowest BCUT2D eigenvalue weighted by Crippen LogP contribution is -2.27. The molecule has 136 valence electrons. The lowest BCUT2D eigenvalue weighted by molar-refractivity contribution is -0.137. The average Bonchev–Trinajstić information content (AvgIpc) is 3.15. The highest BCUT2D eigenvalue weighted by Crippen LogP contribution is 2.30. The average molecular weight is 362 g/mol. The molecule has 0 unspecified atom stereocenters. The predicted molar refractivity (Wildman–Crippen MR) is 91.0 cm³/mol. The van der Waals surface area contributed by atoms with Gasteiger partial charge in [-0.15, -0.1) is 0 Å². The fourth-order valence-corrected chi connectivity index (χ4v) is 2.84. The first-order valence-electron chi connectivity index (χ1n) is 8.22. The summed E-state index contributed by atoms with van der Waals surface area (Å²) in [5.74, 6) is -0.614. The number of nitrogens with one attached hydrogen (secondary N) is 1. The monoisotopic (exact) mass is 362 g/mol. The van der Waals surface area contributed by atoms with Crippen molar-refractivity contribution < 1.29 is 22.8 Å². The largest absolute Gasteiger partial charge is 0.416 e. The maximum absolute atomic E-state index is 12.7. The summed E-state index contributed by atoms with van der Waals surface area (Å²) in [5, 5.41) is 2.44.